The maximum atomic E-state index is 12.8. The molecule has 0 aliphatic rings. The van der Waals surface area contributed by atoms with Crippen molar-refractivity contribution >= 4 is 24.0 Å². The van der Waals surface area contributed by atoms with Crippen LogP contribution < -0.4 is 11.1 Å². The minimum Gasteiger partial charge on any atom is -0.502 e. The van der Waals surface area contributed by atoms with Crippen LogP contribution in [0, 0.1) is 10.1 Å². The van der Waals surface area contributed by atoms with Crippen molar-refractivity contribution in [2.75, 3.05) is 13.1 Å². The molecule has 7 nitrogen and oxygen atoms in total. The van der Waals surface area contributed by atoms with E-state index in [0.29, 0.717) is 0 Å². The maximum Gasteiger partial charge on any atom is 0.310 e. The molecule has 0 spiro atoms. The number of halogens is 3. The van der Waals surface area contributed by atoms with E-state index in [-0.39, 0.29) is 18.0 Å². The predicted molar refractivity (Wildman–Crippen MR) is 68.3 cm³/mol. The molecule has 1 rings (SSSR count). The molecule has 10 heteroatoms. The number of rotatable bonds is 5. The highest BCUT2D eigenvalue weighted by molar-refractivity contribution is 5.95. The van der Waals surface area contributed by atoms with Gasteiger partial charge < -0.3 is 16.2 Å². The fraction of sp³-hybridized carbons (Fsp3) is 0.300. The SMILES string of the molecule is Cl.NCC(F)(F)CNC(=O)c1ccc([N+](=O)[O-])c(O)c1. The number of aromatic hydroxyl groups is 1. The van der Waals surface area contributed by atoms with Crippen molar-refractivity contribution in [2.24, 2.45) is 5.73 Å². The molecular formula is C10H12ClF2N3O4. The Balaban J connectivity index is 0.00000361. The maximum absolute atomic E-state index is 12.8. The third-order valence-corrected chi connectivity index (χ3v) is 2.24. The molecule has 0 aliphatic carbocycles. The average Bonchev–Trinajstić information content (AvgIpc) is 2.35. The van der Waals surface area contributed by atoms with E-state index in [1.165, 1.54) is 0 Å². The van der Waals surface area contributed by atoms with E-state index in [9.17, 15) is 28.8 Å². The first-order valence-corrected chi connectivity index (χ1v) is 5.10. The van der Waals surface area contributed by atoms with Gasteiger partial charge >= 0.3 is 5.69 Å². The summed E-state index contributed by atoms with van der Waals surface area (Å²) in [6.07, 6.45) is 0. The summed E-state index contributed by atoms with van der Waals surface area (Å²) in [7, 11) is 0. The molecular weight excluding hydrogens is 300 g/mol. The van der Waals surface area contributed by atoms with E-state index >= 15 is 0 Å². The zero-order valence-electron chi connectivity index (χ0n) is 10.0. The molecule has 0 unspecified atom stereocenters. The van der Waals surface area contributed by atoms with Gasteiger partial charge in [0.1, 0.15) is 0 Å². The minimum atomic E-state index is -3.24. The number of alkyl halides is 2. The molecule has 0 heterocycles. The van der Waals surface area contributed by atoms with Gasteiger partial charge in [0, 0.05) is 11.6 Å². The summed E-state index contributed by atoms with van der Waals surface area (Å²) in [5.74, 6) is -4.85. The molecule has 0 radical (unpaired) electrons. The second-order valence-electron chi connectivity index (χ2n) is 3.70. The van der Waals surface area contributed by atoms with Gasteiger partial charge in [0.25, 0.3) is 11.8 Å². The van der Waals surface area contributed by atoms with Gasteiger partial charge in [-0.15, -0.1) is 12.4 Å². The molecule has 1 aromatic carbocycles. The molecule has 1 aromatic rings. The Morgan fingerprint density at radius 3 is 2.55 bits per heavy atom. The zero-order chi connectivity index (χ0) is 14.6. The van der Waals surface area contributed by atoms with Crippen LogP contribution in [0.25, 0.3) is 0 Å². The lowest BCUT2D eigenvalue weighted by Crippen LogP contribution is -2.41. The number of nitrogens with one attached hydrogen (secondary N) is 1. The number of amides is 1. The number of hydrogen-bond acceptors (Lipinski definition) is 5. The van der Waals surface area contributed by atoms with E-state index in [1.54, 1.807) is 0 Å². The topological polar surface area (TPSA) is 118 Å². The molecule has 0 saturated heterocycles. The molecule has 0 bridgehead atoms. The van der Waals surface area contributed by atoms with Crippen molar-refractivity contribution in [3.8, 4) is 5.75 Å². The lowest BCUT2D eigenvalue weighted by atomic mass is 10.1. The van der Waals surface area contributed by atoms with Gasteiger partial charge in [-0.3, -0.25) is 14.9 Å². The first kappa shape index (κ1) is 18.0. The van der Waals surface area contributed by atoms with Crippen LogP contribution in [0.5, 0.6) is 5.75 Å². The van der Waals surface area contributed by atoms with E-state index < -0.39 is 41.3 Å². The number of nitrogens with zero attached hydrogens (tertiary/aromatic N) is 1. The smallest absolute Gasteiger partial charge is 0.310 e. The molecule has 20 heavy (non-hydrogen) atoms. The first-order chi connectivity index (χ1) is 8.76. The van der Waals surface area contributed by atoms with Crippen molar-refractivity contribution in [1.82, 2.24) is 5.32 Å². The van der Waals surface area contributed by atoms with Crippen LogP contribution in [0.4, 0.5) is 14.5 Å². The van der Waals surface area contributed by atoms with Crippen molar-refractivity contribution in [3.63, 3.8) is 0 Å². The Bertz CT molecular complexity index is 513. The molecule has 4 N–H and O–H groups in total. The Morgan fingerprint density at radius 1 is 1.50 bits per heavy atom. The van der Waals surface area contributed by atoms with Gasteiger partial charge in [-0.1, -0.05) is 0 Å². The van der Waals surface area contributed by atoms with Gasteiger partial charge in [0.05, 0.1) is 18.0 Å². The molecule has 0 aliphatic heterocycles. The number of nitro groups is 1. The highest BCUT2D eigenvalue weighted by Gasteiger charge is 2.27. The largest absolute Gasteiger partial charge is 0.502 e. The molecule has 1 amide bonds. The van der Waals surface area contributed by atoms with Crippen LogP contribution in [-0.4, -0.2) is 34.9 Å². The van der Waals surface area contributed by atoms with E-state index in [2.05, 4.69) is 0 Å². The van der Waals surface area contributed by atoms with Crippen molar-refractivity contribution in [3.05, 3.63) is 33.9 Å². The third-order valence-electron chi connectivity index (χ3n) is 2.24. The van der Waals surface area contributed by atoms with Crippen LogP contribution in [0.3, 0.4) is 0 Å². The number of nitrogens with two attached hydrogens (primary N) is 1. The highest BCUT2D eigenvalue weighted by atomic mass is 35.5. The zero-order valence-corrected chi connectivity index (χ0v) is 10.8. The third kappa shape index (κ3) is 4.59. The number of hydrogen-bond donors (Lipinski definition) is 3. The Morgan fingerprint density at radius 2 is 2.10 bits per heavy atom. The van der Waals surface area contributed by atoms with Crippen molar-refractivity contribution < 1.29 is 23.6 Å². The van der Waals surface area contributed by atoms with Gasteiger partial charge in [-0.05, 0) is 12.1 Å². The number of phenols is 1. The molecule has 0 fully saturated rings. The van der Waals surface area contributed by atoms with Crippen LogP contribution in [-0.2, 0) is 0 Å². The van der Waals surface area contributed by atoms with Crippen molar-refractivity contribution in [2.45, 2.75) is 5.92 Å². The fourth-order valence-electron chi connectivity index (χ4n) is 1.20. The number of phenolic OH excluding ortho intramolecular Hbond substituents is 1. The van der Waals surface area contributed by atoms with Gasteiger partial charge in [-0.2, -0.15) is 0 Å². The van der Waals surface area contributed by atoms with E-state index in [0.717, 1.165) is 18.2 Å². The quantitative estimate of drug-likeness (QED) is 0.554. The summed E-state index contributed by atoms with van der Waals surface area (Å²) >= 11 is 0. The van der Waals surface area contributed by atoms with Crippen molar-refractivity contribution in [1.29, 1.82) is 0 Å². The van der Waals surface area contributed by atoms with Crippen LogP contribution in [0.15, 0.2) is 18.2 Å². The number of carbonyl (C=O) groups excluding carboxylic acids is 1. The Labute approximate surface area is 118 Å². The summed E-state index contributed by atoms with van der Waals surface area (Å²) < 4.78 is 25.6. The molecule has 0 aromatic heterocycles. The second kappa shape index (κ2) is 6.96. The monoisotopic (exact) mass is 311 g/mol. The van der Waals surface area contributed by atoms with Crippen LogP contribution >= 0.6 is 12.4 Å². The summed E-state index contributed by atoms with van der Waals surface area (Å²) in [4.78, 5) is 21.1. The Hall–Kier alpha value is -2.00. The molecule has 112 valence electrons. The average molecular weight is 312 g/mol. The van der Waals surface area contributed by atoms with Gasteiger partial charge in [-0.25, -0.2) is 8.78 Å². The first-order valence-electron chi connectivity index (χ1n) is 5.10. The molecule has 0 atom stereocenters. The van der Waals surface area contributed by atoms with Crippen LogP contribution in [0.1, 0.15) is 10.4 Å². The van der Waals surface area contributed by atoms with Crippen LogP contribution in [0.2, 0.25) is 0 Å². The fourth-order valence-corrected chi connectivity index (χ4v) is 1.20. The summed E-state index contributed by atoms with van der Waals surface area (Å²) in [6, 6.07) is 2.78. The van der Waals surface area contributed by atoms with Gasteiger partial charge in [0.2, 0.25) is 0 Å². The number of nitro benzene ring substituents is 1. The number of carbonyl (C=O) groups is 1. The lowest BCUT2D eigenvalue weighted by molar-refractivity contribution is -0.385. The Kier molecular flexibility index (Phi) is 6.27. The highest BCUT2D eigenvalue weighted by Crippen LogP contribution is 2.26. The van der Waals surface area contributed by atoms with E-state index in [1.807, 2.05) is 5.32 Å². The second-order valence-corrected chi connectivity index (χ2v) is 3.70. The lowest BCUT2D eigenvalue weighted by Gasteiger charge is -2.14. The summed E-state index contributed by atoms with van der Waals surface area (Å²) in [5, 5.41) is 21.6. The number of benzene rings is 1. The summed E-state index contributed by atoms with van der Waals surface area (Å²) in [5.41, 5.74) is 4.04. The standard InChI is InChI=1S/C10H11F2N3O4.ClH/c11-10(12,4-13)5-14-9(17)6-1-2-7(15(18)19)8(16)3-6;/h1-3,16H,4-5,13H2,(H,14,17);1H. The predicted octanol–water partition coefficient (Wildman–Crippen LogP) is 1.05. The minimum absolute atomic E-state index is 0. The normalized spacial score (nSPS) is 10.6. The van der Waals surface area contributed by atoms with E-state index in [4.69, 9.17) is 5.73 Å². The summed E-state index contributed by atoms with van der Waals surface area (Å²) in [6.45, 7) is -1.88. The molecule has 0 saturated carbocycles. The van der Waals surface area contributed by atoms with Gasteiger partial charge in [0.15, 0.2) is 5.75 Å².